The van der Waals surface area contributed by atoms with Crippen LogP contribution < -0.4 is 5.43 Å². The van der Waals surface area contributed by atoms with Gasteiger partial charge in [0.05, 0.1) is 0 Å². The van der Waals surface area contributed by atoms with Gasteiger partial charge in [-0.2, -0.15) is 10.4 Å². The van der Waals surface area contributed by atoms with E-state index in [0.717, 1.165) is 0 Å². The van der Waals surface area contributed by atoms with E-state index in [0.29, 0.717) is 16.1 Å². The summed E-state index contributed by atoms with van der Waals surface area (Å²) in [5.41, 5.74) is 3.42. The molecule has 1 aromatic carbocycles. The van der Waals surface area contributed by atoms with Crippen LogP contribution >= 0.6 is 11.6 Å². The Morgan fingerprint density at radius 3 is 2.40 bits per heavy atom. The van der Waals surface area contributed by atoms with Gasteiger partial charge in [-0.15, -0.1) is 0 Å². The predicted octanol–water partition coefficient (Wildman–Crippen LogP) is 2.39. The van der Waals surface area contributed by atoms with Crippen LogP contribution in [0, 0.1) is 11.3 Å². The summed E-state index contributed by atoms with van der Waals surface area (Å²) in [6.45, 7) is 0. The molecule has 5 nitrogen and oxygen atoms in total. The molecule has 6 heteroatoms. The van der Waals surface area contributed by atoms with Gasteiger partial charge in [-0.05, 0) is 24.3 Å². The minimum atomic E-state index is -0.408. The van der Waals surface area contributed by atoms with Crippen LogP contribution in [0.15, 0.2) is 53.9 Å². The van der Waals surface area contributed by atoms with Crippen molar-refractivity contribution in [2.45, 2.75) is 0 Å². The molecule has 20 heavy (non-hydrogen) atoms. The lowest BCUT2D eigenvalue weighted by molar-refractivity contribution is 0.0955. The molecule has 0 spiro atoms. The van der Waals surface area contributed by atoms with E-state index < -0.39 is 5.91 Å². The first-order valence-corrected chi connectivity index (χ1v) is 6.02. The summed E-state index contributed by atoms with van der Waals surface area (Å²) >= 11 is 5.77. The summed E-state index contributed by atoms with van der Waals surface area (Å²) in [7, 11) is 0. The molecule has 0 saturated carbocycles. The molecular weight excluding hydrogens is 276 g/mol. The molecule has 0 unspecified atom stereocenters. The first kappa shape index (κ1) is 13.7. The molecule has 98 valence electrons. The van der Waals surface area contributed by atoms with Crippen LogP contribution in [0.3, 0.4) is 0 Å². The van der Waals surface area contributed by atoms with Gasteiger partial charge >= 0.3 is 0 Å². The standard InChI is InChI=1S/C14H9ClN4O/c15-12-3-1-10(2-4-12)13(9-16)18-19-14(20)11-5-7-17-8-6-11/h1-8H,(H,19,20). The minimum Gasteiger partial charge on any atom is -0.267 e. The largest absolute Gasteiger partial charge is 0.271 e. The van der Waals surface area contributed by atoms with Crippen molar-refractivity contribution in [1.82, 2.24) is 10.4 Å². The Bertz CT molecular complexity index is 675. The summed E-state index contributed by atoms with van der Waals surface area (Å²) in [6, 6.07) is 11.6. The molecule has 1 N–H and O–H groups in total. The summed E-state index contributed by atoms with van der Waals surface area (Å²) in [6.07, 6.45) is 3.01. The highest BCUT2D eigenvalue weighted by Crippen LogP contribution is 2.10. The van der Waals surface area contributed by atoms with Crippen molar-refractivity contribution in [2.75, 3.05) is 0 Å². The van der Waals surface area contributed by atoms with Gasteiger partial charge in [0.15, 0.2) is 5.71 Å². The van der Waals surface area contributed by atoms with E-state index in [2.05, 4.69) is 15.5 Å². The molecule has 0 aliphatic heterocycles. The monoisotopic (exact) mass is 284 g/mol. The summed E-state index contributed by atoms with van der Waals surface area (Å²) in [5, 5.41) is 13.4. The Balaban J connectivity index is 2.15. The van der Waals surface area contributed by atoms with E-state index in [4.69, 9.17) is 16.9 Å². The third kappa shape index (κ3) is 3.40. The first-order chi connectivity index (χ1) is 9.70. The number of hydrazone groups is 1. The van der Waals surface area contributed by atoms with E-state index in [-0.39, 0.29) is 5.71 Å². The molecule has 0 aliphatic carbocycles. The molecule has 0 fully saturated rings. The highest BCUT2D eigenvalue weighted by molar-refractivity contribution is 6.30. The topological polar surface area (TPSA) is 78.1 Å². The van der Waals surface area contributed by atoms with E-state index in [1.165, 1.54) is 12.4 Å². The van der Waals surface area contributed by atoms with Crippen LogP contribution in [0.4, 0.5) is 0 Å². The Kier molecular flexibility index (Phi) is 4.43. The average molecular weight is 285 g/mol. The maximum absolute atomic E-state index is 11.8. The number of hydrogen-bond acceptors (Lipinski definition) is 4. The Labute approximate surface area is 120 Å². The van der Waals surface area contributed by atoms with Gasteiger partial charge in [-0.3, -0.25) is 9.78 Å². The molecule has 2 aromatic rings. The number of amides is 1. The molecule has 0 bridgehead atoms. The number of carbonyl (C=O) groups is 1. The molecule has 1 heterocycles. The van der Waals surface area contributed by atoms with Gasteiger partial charge in [0, 0.05) is 28.5 Å². The molecule has 0 aliphatic rings. The van der Waals surface area contributed by atoms with Crippen molar-refractivity contribution in [3.63, 3.8) is 0 Å². The lowest BCUT2D eigenvalue weighted by Gasteiger charge is -2.01. The van der Waals surface area contributed by atoms with Crippen molar-refractivity contribution < 1.29 is 4.79 Å². The minimum absolute atomic E-state index is 0.101. The van der Waals surface area contributed by atoms with Crippen LogP contribution in [0.2, 0.25) is 5.02 Å². The van der Waals surface area contributed by atoms with E-state index in [9.17, 15) is 4.79 Å². The lowest BCUT2D eigenvalue weighted by atomic mass is 10.1. The summed E-state index contributed by atoms with van der Waals surface area (Å²) < 4.78 is 0. The number of nitrogens with zero attached hydrogens (tertiary/aromatic N) is 3. The molecular formula is C14H9ClN4O. The SMILES string of the molecule is N#CC(=NNC(=O)c1ccncc1)c1ccc(Cl)cc1. The fourth-order valence-electron chi connectivity index (χ4n) is 1.44. The molecule has 0 atom stereocenters. The smallest absolute Gasteiger partial charge is 0.267 e. The molecule has 0 saturated heterocycles. The number of nitrogens with one attached hydrogen (secondary N) is 1. The molecule has 1 amide bonds. The van der Waals surface area contributed by atoms with Gasteiger partial charge in [-0.1, -0.05) is 23.7 Å². The van der Waals surface area contributed by atoms with Crippen molar-refractivity contribution in [1.29, 1.82) is 5.26 Å². The maximum atomic E-state index is 11.8. The zero-order valence-electron chi connectivity index (χ0n) is 10.2. The number of aromatic nitrogens is 1. The second-order valence-corrected chi connectivity index (χ2v) is 4.19. The number of pyridine rings is 1. The van der Waals surface area contributed by atoms with E-state index >= 15 is 0 Å². The number of nitriles is 1. The van der Waals surface area contributed by atoms with Crippen molar-refractivity contribution in [3.8, 4) is 6.07 Å². The van der Waals surface area contributed by atoms with Crippen LogP contribution in [-0.4, -0.2) is 16.6 Å². The first-order valence-electron chi connectivity index (χ1n) is 5.65. The lowest BCUT2D eigenvalue weighted by Crippen LogP contribution is -2.19. The Morgan fingerprint density at radius 2 is 1.80 bits per heavy atom. The van der Waals surface area contributed by atoms with Crippen LogP contribution in [-0.2, 0) is 0 Å². The molecule has 1 aromatic heterocycles. The normalized spacial score (nSPS) is 10.7. The average Bonchev–Trinajstić information content (AvgIpc) is 2.50. The van der Waals surface area contributed by atoms with Crippen LogP contribution in [0.5, 0.6) is 0 Å². The van der Waals surface area contributed by atoms with Gasteiger partial charge < -0.3 is 0 Å². The number of halogens is 1. The fourth-order valence-corrected chi connectivity index (χ4v) is 1.56. The highest BCUT2D eigenvalue weighted by atomic mass is 35.5. The Morgan fingerprint density at radius 1 is 1.15 bits per heavy atom. The fraction of sp³-hybridized carbons (Fsp3) is 0. The second kappa shape index (κ2) is 6.45. The summed E-state index contributed by atoms with van der Waals surface area (Å²) in [4.78, 5) is 15.6. The van der Waals surface area contributed by atoms with Crippen molar-refractivity contribution >= 4 is 23.2 Å². The number of benzene rings is 1. The highest BCUT2D eigenvalue weighted by Gasteiger charge is 2.06. The summed E-state index contributed by atoms with van der Waals surface area (Å²) in [5.74, 6) is -0.408. The quantitative estimate of drug-likeness (QED) is 0.694. The zero-order valence-corrected chi connectivity index (χ0v) is 11.0. The molecule has 0 radical (unpaired) electrons. The number of hydrogen-bond donors (Lipinski definition) is 1. The Hall–Kier alpha value is -2.71. The number of rotatable bonds is 3. The van der Waals surface area contributed by atoms with E-state index in [1.807, 2.05) is 6.07 Å². The van der Waals surface area contributed by atoms with Crippen LogP contribution in [0.1, 0.15) is 15.9 Å². The second-order valence-electron chi connectivity index (χ2n) is 3.76. The van der Waals surface area contributed by atoms with Gasteiger partial charge in [-0.25, -0.2) is 5.43 Å². The molecule has 2 rings (SSSR count). The van der Waals surface area contributed by atoms with Gasteiger partial charge in [0.1, 0.15) is 6.07 Å². The van der Waals surface area contributed by atoms with Crippen molar-refractivity contribution in [3.05, 3.63) is 64.9 Å². The third-order valence-corrected chi connectivity index (χ3v) is 2.69. The maximum Gasteiger partial charge on any atom is 0.271 e. The third-order valence-electron chi connectivity index (χ3n) is 2.44. The van der Waals surface area contributed by atoms with Crippen molar-refractivity contribution in [2.24, 2.45) is 5.10 Å². The van der Waals surface area contributed by atoms with E-state index in [1.54, 1.807) is 36.4 Å². The zero-order chi connectivity index (χ0) is 14.4. The number of carbonyl (C=O) groups excluding carboxylic acids is 1. The van der Waals surface area contributed by atoms with Gasteiger partial charge in [0.2, 0.25) is 0 Å². The van der Waals surface area contributed by atoms with Crippen LogP contribution in [0.25, 0.3) is 0 Å². The van der Waals surface area contributed by atoms with Gasteiger partial charge in [0.25, 0.3) is 5.91 Å². The predicted molar refractivity (Wildman–Crippen MR) is 75.3 cm³/mol.